The highest BCUT2D eigenvalue weighted by Gasteiger charge is 2.38. The Morgan fingerprint density at radius 2 is 0.970 bits per heavy atom. The first-order valence-corrected chi connectivity index (χ1v) is 29.6. The second-order valence-electron chi connectivity index (χ2n) is 19.6. The van der Waals surface area contributed by atoms with Crippen molar-refractivity contribution in [3.63, 3.8) is 0 Å². The standard InChI is InChI=1S/C58H48N4O2Si2/c1-65(2,3)43-27-23-41(24-28-43)61(39-19-15-37(35-59)16-20-39)49-33-53-55(47-13-9-7-11-45(47)49)57-51(63-53)31-32-52-58(57)56-48-14-10-8-12-46(48)50(34-54(56)64-52)62(40-21-17-38(36-60)18-22-40)42-25-29-44(30-26-42)66(4,5)6/h7-34,45,47H,1-6H3. The molecule has 0 saturated heterocycles. The van der Waals surface area contributed by atoms with Crippen LogP contribution in [0.4, 0.5) is 28.4 Å². The Kier molecular flexibility index (Phi) is 9.67. The maximum Gasteiger partial charge on any atom is 0.138 e. The quantitative estimate of drug-likeness (QED) is 0.141. The molecule has 0 N–H and O–H groups in total. The third-order valence-electron chi connectivity index (χ3n) is 13.4. The van der Waals surface area contributed by atoms with Gasteiger partial charge in [-0.25, -0.2) is 0 Å². The van der Waals surface area contributed by atoms with Crippen LogP contribution in [0.5, 0.6) is 0 Å². The number of hydrogen-bond donors (Lipinski definition) is 0. The summed E-state index contributed by atoms with van der Waals surface area (Å²) >= 11 is 0. The first kappa shape index (κ1) is 41.1. The van der Waals surface area contributed by atoms with E-state index in [9.17, 15) is 10.5 Å². The number of anilines is 5. The SMILES string of the molecule is C[Si](C)(C)c1ccc(N(C2=Cc3oc4ccc5oc6cc(N(c7ccc(C#N)cc7)c7ccc([Si](C)(C)C)cc7)c7ccccc7c6c5c4c3C3C=CC=CC23)c2ccc(C#N)cc2)cc1. The van der Waals surface area contributed by atoms with E-state index in [2.05, 4.69) is 183 Å². The van der Waals surface area contributed by atoms with E-state index in [1.165, 1.54) is 10.4 Å². The summed E-state index contributed by atoms with van der Waals surface area (Å²) in [5.41, 5.74) is 10.9. The number of hydrogen-bond acceptors (Lipinski definition) is 6. The minimum Gasteiger partial charge on any atom is -0.456 e. The lowest BCUT2D eigenvalue weighted by Crippen LogP contribution is -2.37. The van der Waals surface area contributed by atoms with Crippen LogP contribution >= 0.6 is 0 Å². The summed E-state index contributed by atoms with van der Waals surface area (Å²) in [5, 5.41) is 27.6. The molecule has 0 bridgehead atoms. The number of rotatable bonds is 8. The maximum atomic E-state index is 9.72. The predicted octanol–water partition coefficient (Wildman–Crippen LogP) is 14.8. The zero-order valence-electron chi connectivity index (χ0n) is 37.9. The molecular weight excluding hydrogens is 841 g/mol. The van der Waals surface area contributed by atoms with Gasteiger partial charge in [0.2, 0.25) is 0 Å². The molecule has 2 atom stereocenters. The average Bonchev–Trinajstić information content (AvgIpc) is 3.90. The summed E-state index contributed by atoms with van der Waals surface area (Å²) in [5.74, 6) is 0.788. The molecule has 9 aromatic rings. The largest absolute Gasteiger partial charge is 0.456 e. The van der Waals surface area contributed by atoms with E-state index in [-0.39, 0.29) is 11.8 Å². The average molecular weight is 889 g/mol. The highest BCUT2D eigenvalue weighted by molar-refractivity contribution is 6.89. The van der Waals surface area contributed by atoms with E-state index in [1.54, 1.807) is 0 Å². The van der Waals surface area contributed by atoms with E-state index in [1.807, 2.05) is 48.5 Å². The Labute approximate surface area is 387 Å². The van der Waals surface area contributed by atoms with Crippen molar-refractivity contribution < 1.29 is 8.83 Å². The summed E-state index contributed by atoms with van der Waals surface area (Å²) in [7, 11) is -3.10. The molecule has 8 heteroatoms. The number of fused-ring (bicyclic) bond motifs is 11. The summed E-state index contributed by atoms with van der Waals surface area (Å²) < 4.78 is 14.0. The molecule has 320 valence electrons. The molecule has 0 aliphatic heterocycles. The van der Waals surface area contributed by atoms with Gasteiger partial charge in [0.05, 0.1) is 45.1 Å². The summed E-state index contributed by atoms with van der Waals surface area (Å²) in [6, 6.07) is 53.3. The van der Waals surface area contributed by atoms with Crippen molar-refractivity contribution in [2.24, 2.45) is 5.92 Å². The van der Waals surface area contributed by atoms with Crippen molar-refractivity contribution in [2.75, 3.05) is 9.80 Å². The molecule has 7 aromatic carbocycles. The smallest absolute Gasteiger partial charge is 0.138 e. The van der Waals surface area contributed by atoms with E-state index in [0.29, 0.717) is 11.1 Å². The van der Waals surface area contributed by atoms with Gasteiger partial charge >= 0.3 is 0 Å². The van der Waals surface area contributed by atoms with Gasteiger partial charge in [-0.2, -0.15) is 10.5 Å². The number of benzene rings is 7. The second-order valence-corrected chi connectivity index (χ2v) is 29.7. The van der Waals surface area contributed by atoms with Gasteiger partial charge in [-0.15, -0.1) is 0 Å². The fourth-order valence-electron chi connectivity index (χ4n) is 10.0. The lowest BCUT2D eigenvalue weighted by Gasteiger charge is -2.38. The number of nitriles is 2. The van der Waals surface area contributed by atoms with Crippen LogP contribution in [-0.4, -0.2) is 16.1 Å². The molecule has 66 heavy (non-hydrogen) atoms. The third-order valence-corrected chi connectivity index (χ3v) is 17.6. The van der Waals surface area contributed by atoms with Crippen LogP contribution < -0.4 is 20.2 Å². The molecule has 0 fully saturated rings. The molecule has 2 aliphatic rings. The van der Waals surface area contributed by atoms with E-state index >= 15 is 0 Å². The minimum absolute atomic E-state index is 0.0132. The van der Waals surface area contributed by atoms with Crippen molar-refractivity contribution in [2.45, 2.75) is 45.2 Å². The molecule has 6 nitrogen and oxygen atoms in total. The fourth-order valence-corrected chi connectivity index (χ4v) is 12.4. The molecule has 0 radical (unpaired) electrons. The molecular formula is C58H48N4O2Si2. The minimum atomic E-state index is -1.55. The van der Waals surface area contributed by atoms with Crippen molar-refractivity contribution in [3.8, 4) is 12.1 Å². The summed E-state index contributed by atoms with van der Waals surface area (Å²) in [6.45, 7) is 14.2. The summed E-state index contributed by atoms with van der Waals surface area (Å²) in [6.07, 6.45) is 11.2. The van der Waals surface area contributed by atoms with Crippen LogP contribution in [0.15, 0.2) is 178 Å². The van der Waals surface area contributed by atoms with Gasteiger partial charge in [-0.05, 0) is 90.3 Å². The molecule has 2 aliphatic carbocycles. The Morgan fingerprint density at radius 3 is 1.50 bits per heavy atom. The normalized spacial score (nSPS) is 15.7. The van der Waals surface area contributed by atoms with Crippen molar-refractivity contribution >= 4 is 105 Å². The third kappa shape index (κ3) is 6.81. The predicted molar refractivity (Wildman–Crippen MR) is 279 cm³/mol. The Morgan fingerprint density at radius 1 is 0.485 bits per heavy atom. The van der Waals surface area contributed by atoms with Gasteiger partial charge in [0.15, 0.2) is 0 Å². The van der Waals surface area contributed by atoms with Crippen LogP contribution in [0, 0.1) is 28.6 Å². The fraction of sp³-hybridized carbons (Fsp3) is 0.138. The van der Waals surface area contributed by atoms with Gasteiger partial charge in [0.1, 0.15) is 22.5 Å². The first-order valence-electron chi connectivity index (χ1n) is 22.6. The topological polar surface area (TPSA) is 80.3 Å². The van der Waals surface area contributed by atoms with Crippen molar-refractivity contribution in [1.82, 2.24) is 0 Å². The van der Waals surface area contributed by atoms with E-state index < -0.39 is 16.1 Å². The van der Waals surface area contributed by atoms with Gasteiger partial charge in [-0.3, -0.25) is 0 Å². The van der Waals surface area contributed by atoms with Gasteiger partial charge in [0, 0.05) is 79.5 Å². The monoisotopic (exact) mass is 888 g/mol. The van der Waals surface area contributed by atoms with E-state index in [4.69, 9.17) is 8.83 Å². The second kappa shape index (κ2) is 15.5. The zero-order valence-corrected chi connectivity index (χ0v) is 39.9. The highest BCUT2D eigenvalue weighted by Crippen LogP contribution is 2.53. The van der Waals surface area contributed by atoms with Crippen LogP contribution in [0.1, 0.15) is 28.4 Å². The molecule has 2 unspecified atom stereocenters. The van der Waals surface area contributed by atoms with Crippen LogP contribution in [0.25, 0.3) is 49.8 Å². The Balaban J connectivity index is 1.14. The molecule has 11 rings (SSSR count). The molecule has 0 amide bonds. The number of furan rings is 2. The lowest BCUT2D eigenvalue weighted by molar-refractivity contribution is 0.566. The molecule has 0 spiro atoms. The van der Waals surface area contributed by atoms with Crippen molar-refractivity contribution in [3.05, 3.63) is 192 Å². The maximum absolute atomic E-state index is 9.72. The number of allylic oxidation sites excluding steroid dienone is 4. The van der Waals surface area contributed by atoms with Crippen molar-refractivity contribution in [1.29, 1.82) is 10.5 Å². The van der Waals surface area contributed by atoms with Gasteiger partial charge in [0.25, 0.3) is 0 Å². The zero-order chi connectivity index (χ0) is 45.5. The van der Waals surface area contributed by atoms with Gasteiger partial charge in [-0.1, -0.05) is 122 Å². The Hall–Kier alpha value is -7.63. The van der Waals surface area contributed by atoms with Gasteiger partial charge < -0.3 is 18.6 Å². The number of nitrogens with zero attached hydrogens (tertiary/aromatic N) is 4. The van der Waals surface area contributed by atoms with Crippen LogP contribution in [-0.2, 0) is 0 Å². The molecule has 0 saturated carbocycles. The molecule has 2 aromatic heterocycles. The van der Waals surface area contributed by atoms with Crippen LogP contribution in [0.2, 0.25) is 39.3 Å². The highest BCUT2D eigenvalue weighted by atomic mass is 28.3. The van der Waals surface area contributed by atoms with Crippen LogP contribution in [0.3, 0.4) is 0 Å². The Bertz CT molecular complexity index is 3570. The van der Waals surface area contributed by atoms with E-state index in [0.717, 1.165) is 89.1 Å². The first-order chi connectivity index (χ1) is 31.9. The lowest BCUT2D eigenvalue weighted by atomic mass is 9.75. The summed E-state index contributed by atoms with van der Waals surface area (Å²) in [4.78, 5) is 4.62. The molecule has 2 heterocycles.